The molecule has 0 radical (unpaired) electrons. The Labute approximate surface area is 194 Å². The maximum absolute atomic E-state index is 13.2. The third-order valence-electron chi connectivity index (χ3n) is 6.14. The molecule has 0 saturated heterocycles. The van der Waals surface area contributed by atoms with Gasteiger partial charge in [-0.15, -0.1) is 9.58 Å². The molecule has 0 bridgehead atoms. The summed E-state index contributed by atoms with van der Waals surface area (Å²) in [6.45, 7) is 1.09. The standard InChI is InChI=1S/C17H28N4O8S4/c1-2-15(32(26,27)16(20-18)30(22,23)13-9-5-3-6-10-13)33(28,29)17(21-19)31(24,25)14-11-7-4-8-12-14/h13-15H,2-12H2,1H3. The van der Waals surface area contributed by atoms with Crippen LogP contribution in [0.4, 0.5) is 0 Å². The number of hydrogen-bond acceptors (Lipinski definition) is 8. The summed E-state index contributed by atoms with van der Waals surface area (Å²) in [5.41, 5.74) is 18.7. The molecule has 12 nitrogen and oxygen atoms in total. The van der Waals surface area contributed by atoms with Crippen molar-refractivity contribution in [3.8, 4) is 0 Å². The van der Waals surface area contributed by atoms with E-state index in [2.05, 4.69) is 9.58 Å². The molecule has 33 heavy (non-hydrogen) atoms. The average Bonchev–Trinajstić information content (AvgIpc) is 2.75. The van der Waals surface area contributed by atoms with E-state index < -0.39 is 69.6 Å². The molecule has 0 spiro atoms. The lowest BCUT2D eigenvalue weighted by molar-refractivity contribution is 0.00367. The molecule has 0 aliphatic heterocycles. The largest absolute Gasteiger partial charge is 0.496 e. The van der Waals surface area contributed by atoms with Crippen LogP contribution in [0.5, 0.6) is 0 Å². The fourth-order valence-corrected chi connectivity index (χ4v) is 15.0. The quantitative estimate of drug-likeness (QED) is 0.212. The van der Waals surface area contributed by atoms with Gasteiger partial charge < -0.3 is 11.1 Å². The Morgan fingerprint density at radius 3 is 1.21 bits per heavy atom. The summed E-state index contributed by atoms with van der Waals surface area (Å²) >= 11 is 0. The molecule has 0 N–H and O–H groups in total. The van der Waals surface area contributed by atoms with Crippen LogP contribution in [0.3, 0.4) is 0 Å². The van der Waals surface area contributed by atoms with Gasteiger partial charge in [0.15, 0.2) is 4.58 Å². The van der Waals surface area contributed by atoms with E-state index in [0.29, 0.717) is 25.7 Å². The molecule has 0 atom stereocenters. The molecule has 2 aliphatic carbocycles. The van der Waals surface area contributed by atoms with Crippen LogP contribution >= 0.6 is 0 Å². The van der Waals surface area contributed by atoms with Gasteiger partial charge in [-0.05, 0) is 32.1 Å². The minimum absolute atomic E-state index is 0.111. The lowest BCUT2D eigenvalue weighted by atomic mass is 10.0. The zero-order valence-electron chi connectivity index (χ0n) is 18.2. The minimum Gasteiger partial charge on any atom is -0.359 e. The van der Waals surface area contributed by atoms with E-state index in [1.807, 2.05) is 0 Å². The molecular weight excluding hydrogens is 516 g/mol. The van der Waals surface area contributed by atoms with E-state index in [1.54, 1.807) is 0 Å². The van der Waals surface area contributed by atoms with Gasteiger partial charge in [-0.1, -0.05) is 45.4 Å². The van der Waals surface area contributed by atoms with Gasteiger partial charge in [-0.25, -0.2) is 33.7 Å². The van der Waals surface area contributed by atoms with Gasteiger partial charge in [-0.3, -0.25) is 0 Å². The average molecular weight is 545 g/mol. The second kappa shape index (κ2) is 10.4. The molecule has 0 aromatic heterocycles. The summed E-state index contributed by atoms with van der Waals surface area (Å²) in [5.74, 6) is 0. The maximum Gasteiger partial charge on any atom is 0.496 e. The summed E-state index contributed by atoms with van der Waals surface area (Å²) in [4.78, 5) is 4.90. The van der Waals surface area contributed by atoms with Crippen molar-refractivity contribution in [2.24, 2.45) is 0 Å². The van der Waals surface area contributed by atoms with Crippen molar-refractivity contribution in [1.82, 2.24) is 0 Å². The zero-order chi connectivity index (χ0) is 25.1. The molecule has 0 heterocycles. The summed E-state index contributed by atoms with van der Waals surface area (Å²) in [5, 5.41) is -2.35. The topological polar surface area (TPSA) is 209 Å². The van der Waals surface area contributed by atoms with Crippen molar-refractivity contribution in [3.63, 3.8) is 0 Å². The molecule has 0 aromatic rings. The van der Waals surface area contributed by atoms with Crippen molar-refractivity contribution in [2.45, 2.75) is 92.6 Å². The van der Waals surface area contributed by atoms with Crippen LogP contribution in [0, 0.1) is 0 Å². The molecule has 0 amide bonds. The summed E-state index contributed by atoms with van der Waals surface area (Å²) in [7, 11) is -20.3. The SMILES string of the molecule is CCC(S(=O)(=O)C(=[N+]=[N-])S(=O)(=O)C1CCCCC1)S(=O)(=O)C(=[N+]=[N-])S(=O)(=O)C1CCCCC1. The molecule has 2 fully saturated rings. The van der Waals surface area contributed by atoms with Gasteiger partial charge >= 0.3 is 8.75 Å². The fraction of sp³-hybridized carbons (Fsp3) is 0.882. The highest BCUT2D eigenvalue weighted by molar-refractivity contribution is 8.40. The van der Waals surface area contributed by atoms with Crippen LogP contribution in [0.15, 0.2) is 0 Å². The van der Waals surface area contributed by atoms with Crippen LogP contribution in [0.2, 0.25) is 0 Å². The van der Waals surface area contributed by atoms with Gasteiger partial charge in [-0.2, -0.15) is 0 Å². The van der Waals surface area contributed by atoms with Crippen molar-refractivity contribution in [2.75, 3.05) is 0 Å². The van der Waals surface area contributed by atoms with Crippen LogP contribution in [-0.2, 0) is 39.3 Å². The minimum atomic E-state index is -5.41. The highest BCUT2D eigenvalue weighted by Crippen LogP contribution is 2.30. The van der Waals surface area contributed by atoms with Crippen molar-refractivity contribution in [3.05, 3.63) is 11.1 Å². The van der Waals surface area contributed by atoms with E-state index in [-0.39, 0.29) is 25.7 Å². The Bertz CT molecular complexity index is 1180. The van der Waals surface area contributed by atoms with Gasteiger partial charge in [0.25, 0.3) is 39.3 Å². The van der Waals surface area contributed by atoms with Gasteiger partial charge in [0, 0.05) is 0 Å². The second-order valence-electron chi connectivity index (χ2n) is 8.27. The van der Waals surface area contributed by atoms with E-state index in [1.165, 1.54) is 0 Å². The maximum atomic E-state index is 13.2. The van der Waals surface area contributed by atoms with Crippen molar-refractivity contribution >= 4 is 48.1 Å². The predicted octanol–water partition coefficient (Wildman–Crippen LogP) is 1.22. The Kier molecular flexibility index (Phi) is 8.80. The van der Waals surface area contributed by atoms with Crippen molar-refractivity contribution in [1.29, 1.82) is 0 Å². The molecule has 0 aromatic carbocycles. The number of nitrogens with zero attached hydrogens (tertiary/aromatic N) is 4. The molecule has 2 aliphatic rings. The van der Waals surface area contributed by atoms with Crippen molar-refractivity contribution < 1.29 is 43.3 Å². The lowest BCUT2D eigenvalue weighted by Gasteiger charge is -2.21. The summed E-state index contributed by atoms with van der Waals surface area (Å²) in [6.07, 6.45) is 3.15. The van der Waals surface area contributed by atoms with Gasteiger partial charge in [0.05, 0.1) is 10.5 Å². The normalized spacial score (nSPS) is 20.4. The van der Waals surface area contributed by atoms with Gasteiger partial charge in [0.2, 0.25) is 0 Å². The lowest BCUT2D eigenvalue weighted by Crippen LogP contribution is -2.47. The first-order valence-corrected chi connectivity index (χ1v) is 16.9. The first-order valence-electron chi connectivity index (χ1n) is 10.7. The fourth-order valence-electron chi connectivity index (χ4n) is 4.42. The van der Waals surface area contributed by atoms with E-state index in [9.17, 15) is 44.7 Å². The molecule has 0 unspecified atom stereocenters. The summed E-state index contributed by atoms with van der Waals surface area (Å²) < 4.78 is 98.3. The highest BCUT2D eigenvalue weighted by atomic mass is 32.3. The highest BCUT2D eigenvalue weighted by Gasteiger charge is 2.59. The van der Waals surface area contributed by atoms with Crippen LogP contribution in [0.25, 0.3) is 11.1 Å². The first-order chi connectivity index (χ1) is 15.3. The third-order valence-corrected chi connectivity index (χ3v) is 17.5. The Morgan fingerprint density at radius 1 is 0.667 bits per heavy atom. The number of sulfone groups is 4. The molecule has 188 valence electrons. The van der Waals surface area contributed by atoms with Crippen LogP contribution in [-0.4, -0.2) is 67.1 Å². The smallest absolute Gasteiger partial charge is 0.359 e. The van der Waals surface area contributed by atoms with Crippen LogP contribution in [0.1, 0.15) is 77.6 Å². The van der Waals surface area contributed by atoms with Crippen LogP contribution < -0.4 is 0 Å². The third kappa shape index (κ3) is 5.30. The first kappa shape index (κ1) is 27.8. The second-order valence-corrected chi connectivity index (χ2v) is 17.5. The molecule has 2 rings (SSSR count). The predicted molar refractivity (Wildman–Crippen MR) is 121 cm³/mol. The van der Waals surface area contributed by atoms with E-state index >= 15 is 0 Å². The molecular formula is C17H28N4O8S4. The number of hydrogen-bond donors (Lipinski definition) is 0. The molecule has 16 heteroatoms. The van der Waals surface area contributed by atoms with E-state index in [4.69, 9.17) is 0 Å². The Balaban J connectivity index is 2.57. The molecule has 2 saturated carbocycles. The van der Waals surface area contributed by atoms with E-state index in [0.717, 1.165) is 19.8 Å². The monoisotopic (exact) mass is 544 g/mol. The summed E-state index contributed by atoms with van der Waals surface area (Å²) in [6, 6.07) is 0. The Morgan fingerprint density at radius 2 is 0.970 bits per heavy atom. The Hall–Kier alpha value is -1.44. The zero-order valence-corrected chi connectivity index (χ0v) is 21.5. The van der Waals surface area contributed by atoms with Gasteiger partial charge in [0.1, 0.15) is 0 Å². The number of rotatable bonds is 5.